The predicted molar refractivity (Wildman–Crippen MR) is 46.0 cm³/mol. The molecule has 0 aromatic rings. The number of urea groups is 1. The zero-order chi connectivity index (χ0) is 8.55. The van der Waals surface area contributed by atoms with E-state index in [4.69, 9.17) is 0 Å². The molecular weight excluding hydrogens is 154 g/mol. The molecule has 2 fully saturated rings. The van der Waals surface area contributed by atoms with Crippen molar-refractivity contribution in [3.63, 3.8) is 0 Å². The van der Waals surface area contributed by atoms with Crippen molar-refractivity contribution in [2.24, 2.45) is 0 Å². The van der Waals surface area contributed by atoms with Gasteiger partial charge in [0, 0.05) is 32.7 Å². The van der Waals surface area contributed by atoms with Gasteiger partial charge in [-0.1, -0.05) is 0 Å². The predicted octanol–water partition coefficient (Wildman–Crippen LogP) is -0.284. The molecule has 2 aliphatic heterocycles. The first-order valence-corrected chi connectivity index (χ1v) is 4.51. The van der Waals surface area contributed by atoms with Gasteiger partial charge in [0.05, 0.1) is 0 Å². The minimum atomic E-state index is 0.198. The highest BCUT2D eigenvalue weighted by atomic mass is 16.2. The van der Waals surface area contributed by atoms with Gasteiger partial charge in [0.1, 0.15) is 0 Å². The largest absolute Gasteiger partial charge is 0.326 e. The third-order valence-corrected chi connectivity index (χ3v) is 2.72. The van der Waals surface area contributed by atoms with Gasteiger partial charge < -0.3 is 15.1 Å². The maximum Gasteiger partial charge on any atom is 0.320 e. The number of amides is 2. The Kier molecular flexibility index (Phi) is 1.92. The van der Waals surface area contributed by atoms with E-state index in [-0.39, 0.29) is 6.03 Å². The molecule has 2 saturated heterocycles. The van der Waals surface area contributed by atoms with Gasteiger partial charge in [-0.05, 0) is 13.0 Å². The monoisotopic (exact) mass is 169 g/mol. The van der Waals surface area contributed by atoms with Crippen LogP contribution in [0.5, 0.6) is 0 Å². The summed E-state index contributed by atoms with van der Waals surface area (Å²) in [7, 11) is 1.87. The second kappa shape index (κ2) is 2.94. The number of nitrogens with one attached hydrogen (secondary N) is 1. The van der Waals surface area contributed by atoms with E-state index >= 15 is 0 Å². The van der Waals surface area contributed by atoms with Gasteiger partial charge in [0.15, 0.2) is 0 Å². The van der Waals surface area contributed by atoms with E-state index in [1.54, 1.807) is 4.90 Å². The Bertz CT molecular complexity index is 189. The Morgan fingerprint density at radius 1 is 1.50 bits per heavy atom. The van der Waals surface area contributed by atoms with Crippen molar-refractivity contribution in [1.29, 1.82) is 0 Å². The van der Waals surface area contributed by atoms with E-state index in [0.717, 1.165) is 32.6 Å². The summed E-state index contributed by atoms with van der Waals surface area (Å²) in [5, 5.41) is 3.27. The molecule has 2 rings (SSSR count). The first-order valence-electron chi connectivity index (χ1n) is 4.51. The highest BCUT2D eigenvalue weighted by Crippen LogP contribution is 2.14. The highest BCUT2D eigenvalue weighted by molar-refractivity contribution is 5.76. The number of nitrogens with zero attached hydrogens (tertiary/aromatic N) is 2. The Hall–Kier alpha value is -0.770. The molecule has 68 valence electrons. The molecule has 2 heterocycles. The molecule has 0 aromatic heterocycles. The first kappa shape index (κ1) is 7.86. The van der Waals surface area contributed by atoms with Crippen LogP contribution in [0.2, 0.25) is 0 Å². The van der Waals surface area contributed by atoms with Crippen molar-refractivity contribution in [2.45, 2.75) is 12.5 Å². The van der Waals surface area contributed by atoms with Crippen LogP contribution in [0.15, 0.2) is 0 Å². The smallest absolute Gasteiger partial charge is 0.320 e. The number of carbonyl (C=O) groups excluding carboxylic acids is 1. The summed E-state index contributed by atoms with van der Waals surface area (Å²) < 4.78 is 0. The van der Waals surface area contributed by atoms with Gasteiger partial charge in [0.25, 0.3) is 0 Å². The average molecular weight is 169 g/mol. The van der Waals surface area contributed by atoms with Gasteiger partial charge in [-0.3, -0.25) is 0 Å². The minimum Gasteiger partial charge on any atom is -0.326 e. The van der Waals surface area contributed by atoms with Gasteiger partial charge in [-0.2, -0.15) is 0 Å². The summed E-state index contributed by atoms with van der Waals surface area (Å²) in [5.74, 6) is 0. The van der Waals surface area contributed by atoms with Crippen molar-refractivity contribution in [2.75, 3.05) is 33.2 Å². The standard InChI is InChI=1S/C8H15N3O/c1-10-4-5-11(8(10)12)7-2-3-9-6-7/h7,9H,2-6H2,1H3. The Morgan fingerprint density at radius 2 is 2.33 bits per heavy atom. The molecule has 1 unspecified atom stereocenters. The molecule has 0 aliphatic carbocycles. The maximum absolute atomic E-state index is 11.5. The van der Waals surface area contributed by atoms with Gasteiger partial charge in [0.2, 0.25) is 0 Å². The molecule has 1 N–H and O–H groups in total. The molecule has 4 nitrogen and oxygen atoms in total. The lowest BCUT2D eigenvalue weighted by atomic mass is 10.2. The average Bonchev–Trinajstić information content (AvgIpc) is 2.64. The number of likely N-dealkylation sites (N-methyl/N-ethyl adjacent to an activating group) is 1. The molecule has 4 heteroatoms. The van der Waals surface area contributed by atoms with Crippen LogP contribution in [-0.4, -0.2) is 55.1 Å². The number of carbonyl (C=O) groups is 1. The van der Waals surface area contributed by atoms with Crippen molar-refractivity contribution in [1.82, 2.24) is 15.1 Å². The van der Waals surface area contributed by atoms with E-state index in [0.29, 0.717) is 6.04 Å². The molecular formula is C8H15N3O. The van der Waals surface area contributed by atoms with Crippen LogP contribution in [0.3, 0.4) is 0 Å². The summed E-state index contributed by atoms with van der Waals surface area (Å²) in [6.45, 7) is 3.81. The van der Waals surface area contributed by atoms with Crippen LogP contribution in [0.1, 0.15) is 6.42 Å². The fraction of sp³-hybridized carbons (Fsp3) is 0.875. The lowest BCUT2D eigenvalue weighted by molar-refractivity contribution is 0.185. The zero-order valence-corrected chi connectivity index (χ0v) is 7.42. The van der Waals surface area contributed by atoms with E-state index in [1.807, 2.05) is 11.9 Å². The SMILES string of the molecule is CN1CCN(C2CCNC2)C1=O. The molecule has 0 spiro atoms. The molecule has 1 atom stereocenters. The summed E-state index contributed by atoms with van der Waals surface area (Å²) in [5.41, 5.74) is 0. The Labute approximate surface area is 72.5 Å². The highest BCUT2D eigenvalue weighted by Gasteiger charge is 2.32. The van der Waals surface area contributed by atoms with Gasteiger partial charge >= 0.3 is 6.03 Å². The first-order chi connectivity index (χ1) is 5.79. The second-order valence-corrected chi connectivity index (χ2v) is 3.54. The lowest BCUT2D eigenvalue weighted by Crippen LogP contribution is -2.39. The van der Waals surface area contributed by atoms with Crippen molar-refractivity contribution in [3.05, 3.63) is 0 Å². The van der Waals surface area contributed by atoms with Crippen molar-refractivity contribution in [3.8, 4) is 0 Å². The van der Waals surface area contributed by atoms with E-state index in [2.05, 4.69) is 5.32 Å². The van der Waals surface area contributed by atoms with Crippen molar-refractivity contribution >= 4 is 6.03 Å². The summed E-state index contributed by atoms with van der Waals surface area (Å²) in [6.07, 6.45) is 1.11. The van der Waals surface area contributed by atoms with E-state index in [9.17, 15) is 4.79 Å². The summed E-state index contributed by atoms with van der Waals surface area (Å²) in [4.78, 5) is 15.3. The van der Waals surface area contributed by atoms with Gasteiger partial charge in [-0.25, -0.2) is 4.79 Å². The van der Waals surface area contributed by atoms with E-state index < -0.39 is 0 Å². The molecule has 2 amide bonds. The zero-order valence-electron chi connectivity index (χ0n) is 7.42. The summed E-state index contributed by atoms with van der Waals surface area (Å²) in [6, 6.07) is 0.645. The maximum atomic E-state index is 11.5. The minimum absolute atomic E-state index is 0.198. The number of hydrogen-bond donors (Lipinski definition) is 1. The van der Waals surface area contributed by atoms with Crippen LogP contribution < -0.4 is 5.32 Å². The third kappa shape index (κ3) is 1.16. The van der Waals surface area contributed by atoms with E-state index in [1.165, 1.54) is 0 Å². The molecule has 2 aliphatic rings. The molecule has 0 bridgehead atoms. The second-order valence-electron chi connectivity index (χ2n) is 3.54. The topological polar surface area (TPSA) is 35.6 Å². The Balaban J connectivity index is 1.99. The quantitative estimate of drug-likeness (QED) is 0.586. The summed E-state index contributed by atoms with van der Waals surface area (Å²) >= 11 is 0. The van der Waals surface area contributed by atoms with Crippen LogP contribution in [0.25, 0.3) is 0 Å². The van der Waals surface area contributed by atoms with Crippen LogP contribution >= 0.6 is 0 Å². The third-order valence-electron chi connectivity index (χ3n) is 2.72. The van der Waals surface area contributed by atoms with Crippen molar-refractivity contribution < 1.29 is 4.79 Å². The molecule has 0 radical (unpaired) electrons. The number of hydrogen-bond acceptors (Lipinski definition) is 2. The number of rotatable bonds is 1. The fourth-order valence-electron chi connectivity index (χ4n) is 1.91. The van der Waals surface area contributed by atoms with Gasteiger partial charge in [-0.15, -0.1) is 0 Å². The molecule has 12 heavy (non-hydrogen) atoms. The Morgan fingerprint density at radius 3 is 2.83 bits per heavy atom. The molecule has 0 aromatic carbocycles. The van der Waals surface area contributed by atoms with Crippen LogP contribution in [0, 0.1) is 0 Å². The molecule has 0 saturated carbocycles. The lowest BCUT2D eigenvalue weighted by Gasteiger charge is -2.22. The fourth-order valence-corrected chi connectivity index (χ4v) is 1.91. The van der Waals surface area contributed by atoms with Crippen LogP contribution in [-0.2, 0) is 0 Å². The normalized spacial score (nSPS) is 30.4. The van der Waals surface area contributed by atoms with Crippen LogP contribution in [0.4, 0.5) is 4.79 Å².